The van der Waals surface area contributed by atoms with Crippen LogP contribution in [0.1, 0.15) is 17.3 Å². The molecule has 9 nitrogen and oxygen atoms in total. The Balaban J connectivity index is 2.11. The number of esters is 2. The van der Waals surface area contributed by atoms with Gasteiger partial charge in [0.2, 0.25) is 0 Å². The molecule has 30 heavy (non-hydrogen) atoms. The molecule has 0 saturated carbocycles. The lowest BCUT2D eigenvalue weighted by Crippen LogP contribution is -2.37. The Morgan fingerprint density at radius 3 is 2.47 bits per heavy atom. The van der Waals surface area contributed by atoms with Gasteiger partial charge in [0, 0.05) is 6.07 Å². The van der Waals surface area contributed by atoms with Crippen LogP contribution in [0.5, 0.6) is 11.5 Å². The van der Waals surface area contributed by atoms with Crippen molar-refractivity contribution >= 4 is 27.6 Å². The smallest absolute Gasteiger partial charge is 0.340 e. The molecular weight excluding hydrogens is 414 g/mol. The highest BCUT2D eigenvalue weighted by molar-refractivity contribution is 7.92. The minimum absolute atomic E-state index is 0.00348. The number of fused-ring (bicyclic) bond motifs is 1. The molecule has 1 heterocycles. The Bertz CT molecular complexity index is 1050. The Hall–Kier alpha value is -3.27. The molecule has 0 spiro atoms. The summed E-state index contributed by atoms with van der Waals surface area (Å²) in [5.41, 5.74) is 0.000565. The molecule has 0 N–H and O–H groups in total. The van der Waals surface area contributed by atoms with Gasteiger partial charge in [-0.2, -0.15) is 0 Å². The molecule has 3 rings (SSSR count). The van der Waals surface area contributed by atoms with Crippen molar-refractivity contribution in [1.29, 1.82) is 0 Å². The normalized spacial score (nSPS) is 12.7. The van der Waals surface area contributed by atoms with Gasteiger partial charge < -0.3 is 18.9 Å². The van der Waals surface area contributed by atoms with E-state index in [0.29, 0.717) is 12.4 Å². The first-order valence-electron chi connectivity index (χ1n) is 9.13. The van der Waals surface area contributed by atoms with E-state index in [-0.39, 0.29) is 35.1 Å². The maximum atomic E-state index is 13.5. The second-order valence-corrected chi connectivity index (χ2v) is 7.99. The molecule has 0 aromatic heterocycles. The Morgan fingerprint density at radius 1 is 1.07 bits per heavy atom. The van der Waals surface area contributed by atoms with Crippen LogP contribution in [0, 0.1) is 0 Å². The van der Waals surface area contributed by atoms with Crippen LogP contribution in [0.3, 0.4) is 0 Å². The molecule has 0 atom stereocenters. The second-order valence-electron chi connectivity index (χ2n) is 6.13. The average Bonchev–Trinajstić information content (AvgIpc) is 2.77. The minimum atomic E-state index is -4.27. The van der Waals surface area contributed by atoms with E-state index in [1.54, 1.807) is 19.1 Å². The van der Waals surface area contributed by atoms with Crippen molar-refractivity contribution in [2.75, 3.05) is 37.8 Å². The highest BCUT2D eigenvalue weighted by Gasteiger charge is 2.32. The van der Waals surface area contributed by atoms with Crippen molar-refractivity contribution in [1.82, 2.24) is 0 Å². The molecule has 2 aromatic carbocycles. The third-order valence-corrected chi connectivity index (χ3v) is 6.03. The lowest BCUT2D eigenvalue weighted by molar-refractivity contribution is -0.138. The van der Waals surface area contributed by atoms with Crippen molar-refractivity contribution in [2.24, 2.45) is 0 Å². The topological polar surface area (TPSA) is 108 Å². The first kappa shape index (κ1) is 21.4. The molecule has 0 bridgehead atoms. The van der Waals surface area contributed by atoms with E-state index in [9.17, 15) is 18.0 Å². The van der Waals surface area contributed by atoms with E-state index in [0.717, 1.165) is 11.4 Å². The standard InChI is InChI=1S/C20H21NO8S/c1-3-27-20(23)15-6-4-5-7-16(15)21(13-19(22)26-2)30(24,25)14-8-9-17-18(12-14)29-11-10-28-17/h4-9,12H,3,10-11,13H2,1-2H3. The number of methoxy groups -OCH3 is 1. The number of hydrogen-bond donors (Lipinski definition) is 0. The fraction of sp³-hybridized carbons (Fsp3) is 0.300. The number of ether oxygens (including phenoxy) is 4. The number of para-hydroxylation sites is 1. The van der Waals surface area contributed by atoms with E-state index in [1.165, 1.54) is 30.3 Å². The third-order valence-electron chi connectivity index (χ3n) is 4.27. The SMILES string of the molecule is CCOC(=O)c1ccccc1N(CC(=O)OC)S(=O)(=O)c1ccc2c(c1)OCCO2. The van der Waals surface area contributed by atoms with Crippen LogP contribution in [0.2, 0.25) is 0 Å². The summed E-state index contributed by atoms with van der Waals surface area (Å²) in [6.07, 6.45) is 0. The predicted octanol–water partition coefficient (Wildman–Crippen LogP) is 2.00. The Morgan fingerprint density at radius 2 is 1.77 bits per heavy atom. The monoisotopic (exact) mass is 435 g/mol. The van der Waals surface area contributed by atoms with Crippen LogP contribution in [0.15, 0.2) is 47.4 Å². The third kappa shape index (κ3) is 4.33. The number of hydrogen-bond acceptors (Lipinski definition) is 8. The molecule has 160 valence electrons. The zero-order chi connectivity index (χ0) is 21.7. The zero-order valence-corrected chi connectivity index (χ0v) is 17.3. The zero-order valence-electron chi connectivity index (χ0n) is 16.5. The highest BCUT2D eigenvalue weighted by Crippen LogP contribution is 2.35. The van der Waals surface area contributed by atoms with Gasteiger partial charge in [0.1, 0.15) is 19.8 Å². The first-order chi connectivity index (χ1) is 14.4. The molecule has 0 aliphatic carbocycles. The summed E-state index contributed by atoms with van der Waals surface area (Å²) in [7, 11) is -3.13. The summed E-state index contributed by atoms with van der Waals surface area (Å²) in [5.74, 6) is -0.805. The van der Waals surface area contributed by atoms with E-state index in [2.05, 4.69) is 4.74 Å². The van der Waals surface area contributed by atoms with Gasteiger partial charge in [-0.15, -0.1) is 0 Å². The van der Waals surface area contributed by atoms with Crippen LogP contribution in [-0.2, 0) is 24.3 Å². The average molecular weight is 435 g/mol. The van der Waals surface area contributed by atoms with Crippen LogP contribution in [-0.4, -0.2) is 53.8 Å². The fourth-order valence-electron chi connectivity index (χ4n) is 2.87. The molecule has 10 heteroatoms. The first-order valence-corrected chi connectivity index (χ1v) is 10.6. The number of carbonyl (C=O) groups excluding carboxylic acids is 2. The largest absolute Gasteiger partial charge is 0.486 e. The number of benzene rings is 2. The van der Waals surface area contributed by atoms with Gasteiger partial charge >= 0.3 is 11.9 Å². The number of sulfonamides is 1. The molecule has 1 aliphatic rings. The molecule has 2 aromatic rings. The molecule has 0 amide bonds. The maximum Gasteiger partial charge on any atom is 0.340 e. The maximum absolute atomic E-state index is 13.5. The molecule has 0 unspecified atom stereocenters. The Kier molecular flexibility index (Phi) is 6.46. The number of nitrogens with zero attached hydrogens (tertiary/aromatic N) is 1. The predicted molar refractivity (Wildman–Crippen MR) is 106 cm³/mol. The summed E-state index contributed by atoms with van der Waals surface area (Å²) < 4.78 is 48.4. The molecular formula is C20H21NO8S. The quantitative estimate of drug-likeness (QED) is 0.608. The van der Waals surface area contributed by atoms with Crippen LogP contribution < -0.4 is 13.8 Å². The number of rotatable bonds is 7. The van der Waals surface area contributed by atoms with Gasteiger partial charge in [0.05, 0.1) is 29.9 Å². The van der Waals surface area contributed by atoms with Gasteiger partial charge in [-0.25, -0.2) is 13.2 Å². The molecule has 0 radical (unpaired) electrons. The van der Waals surface area contributed by atoms with E-state index < -0.39 is 28.5 Å². The van der Waals surface area contributed by atoms with Crippen LogP contribution in [0.25, 0.3) is 0 Å². The van der Waals surface area contributed by atoms with Gasteiger partial charge in [0.15, 0.2) is 11.5 Å². The van der Waals surface area contributed by atoms with Crippen molar-refractivity contribution in [3.63, 3.8) is 0 Å². The van der Waals surface area contributed by atoms with Crippen LogP contribution >= 0.6 is 0 Å². The van der Waals surface area contributed by atoms with Crippen molar-refractivity contribution < 1.29 is 37.0 Å². The summed E-state index contributed by atoms with van der Waals surface area (Å²) in [4.78, 5) is 24.3. The van der Waals surface area contributed by atoms with E-state index in [4.69, 9.17) is 14.2 Å². The van der Waals surface area contributed by atoms with Crippen molar-refractivity contribution in [3.8, 4) is 11.5 Å². The lowest BCUT2D eigenvalue weighted by atomic mass is 10.2. The summed E-state index contributed by atoms with van der Waals surface area (Å²) in [6.45, 7) is 1.76. The van der Waals surface area contributed by atoms with E-state index >= 15 is 0 Å². The fourth-order valence-corrected chi connectivity index (χ4v) is 4.31. The molecule has 0 saturated heterocycles. The van der Waals surface area contributed by atoms with E-state index in [1.807, 2.05) is 0 Å². The van der Waals surface area contributed by atoms with Gasteiger partial charge in [-0.1, -0.05) is 12.1 Å². The number of anilines is 1. The van der Waals surface area contributed by atoms with Gasteiger partial charge in [-0.05, 0) is 31.2 Å². The summed E-state index contributed by atoms with van der Waals surface area (Å²) in [5, 5.41) is 0. The van der Waals surface area contributed by atoms with Crippen molar-refractivity contribution in [2.45, 2.75) is 11.8 Å². The van der Waals surface area contributed by atoms with Gasteiger partial charge in [-0.3, -0.25) is 9.10 Å². The number of carbonyl (C=O) groups is 2. The molecule has 1 aliphatic heterocycles. The second kappa shape index (κ2) is 9.04. The minimum Gasteiger partial charge on any atom is -0.486 e. The van der Waals surface area contributed by atoms with Gasteiger partial charge in [0.25, 0.3) is 10.0 Å². The van der Waals surface area contributed by atoms with Crippen molar-refractivity contribution in [3.05, 3.63) is 48.0 Å². The summed E-state index contributed by atoms with van der Waals surface area (Å²) >= 11 is 0. The summed E-state index contributed by atoms with van der Waals surface area (Å²) in [6, 6.07) is 10.1. The lowest BCUT2D eigenvalue weighted by Gasteiger charge is -2.26. The Labute approximate surface area is 174 Å². The molecule has 0 fully saturated rings. The van der Waals surface area contributed by atoms with Crippen LogP contribution in [0.4, 0.5) is 5.69 Å². The highest BCUT2D eigenvalue weighted by atomic mass is 32.2.